The number of benzene rings is 2. The Kier molecular flexibility index (Phi) is 8.32. The van der Waals surface area contributed by atoms with Crippen molar-refractivity contribution in [1.82, 2.24) is 16.0 Å². The molecule has 0 aliphatic rings. The molecular weight excluding hydrogens is 409 g/mol. The van der Waals surface area contributed by atoms with E-state index in [-0.39, 0.29) is 11.3 Å². The Labute approximate surface area is 180 Å². The number of carbonyl (C=O) groups excluding carboxylic acids is 1. The minimum absolute atomic E-state index is 0.165. The van der Waals surface area contributed by atoms with Crippen molar-refractivity contribution >= 4 is 35.1 Å². The molecule has 2 rings (SSSR count). The highest BCUT2D eigenvalue weighted by atomic mass is 35.5. The molecule has 0 unspecified atom stereocenters. The van der Waals surface area contributed by atoms with Crippen LogP contribution in [0.3, 0.4) is 0 Å². The van der Waals surface area contributed by atoms with Crippen molar-refractivity contribution in [3.8, 4) is 6.19 Å². The van der Waals surface area contributed by atoms with E-state index in [1.165, 1.54) is 0 Å². The molecule has 0 atom stereocenters. The van der Waals surface area contributed by atoms with Crippen LogP contribution in [0.4, 0.5) is 0 Å². The summed E-state index contributed by atoms with van der Waals surface area (Å²) in [5.41, 5.74) is 1.28. The molecular formula is C21H23Cl2N5O. The third-order valence-electron chi connectivity index (χ3n) is 4.10. The summed E-state index contributed by atoms with van der Waals surface area (Å²) < 4.78 is 0. The van der Waals surface area contributed by atoms with Gasteiger partial charge in [-0.3, -0.25) is 4.79 Å². The molecule has 3 N–H and O–H groups in total. The average molecular weight is 432 g/mol. The minimum atomic E-state index is -0.278. The lowest BCUT2D eigenvalue weighted by Crippen LogP contribution is -2.45. The van der Waals surface area contributed by atoms with E-state index in [4.69, 9.17) is 28.5 Å². The summed E-state index contributed by atoms with van der Waals surface area (Å²) in [4.78, 5) is 16.0. The van der Waals surface area contributed by atoms with Gasteiger partial charge in [-0.05, 0) is 47.4 Å². The molecule has 0 saturated heterocycles. The minimum Gasteiger partial charge on any atom is -0.355 e. The number of hydrogen-bond donors (Lipinski definition) is 3. The number of guanidine groups is 1. The average Bonchev–Trinajstić information content (AvgIpc) is 2.70. The van der Waals surface area contributed by atoms with Gasteiger partial charge in [0.1, 0.15) is 0 Å². The summed E-state index contributed by atoms with van der Waals surface area (Å²) in [6.07, 6.45) is 1.79. The molecule has 0 aliphatic heterocycles. The third kappa shape index (κ3) is 8.02. The number of amides is 1. The number of carbonyl (C=O) groups is 1. The fraction of sp³-hybridized carbons (Fsp3) is 0.286. The van der Waals surface area contributed by atoms with Gasteiger partial charge in [0.05, 0.1) is 0 Å². The van der Waals surface area contributed by atoms with E-state index in [1.807, 2.05) is 26.0 Å². The van der Waals surface area contributed by atoms with Gasteiger partial charge in [0.15, 0.2) is 0 Å². The molecule has 0 spiro atoms. The molecule has 0 aliphatic carbocycles. The molecule has 0 bridgehead atoms. The summed E-state index contributed by atoms with van der Waals surface area (Å²) in [6.45, 7) is 5.45. The van der Waals surface area contributed by atoms with E-state index in [2.05, 4.69) is 20.9 Å². The van der Waals surface area contributed by atoms with E-state index in [0.717, 1.165) is 5.56 Å². The molecule has 2 aromatic rings. The standard InChI is InChI=1S/C21H23Cl2N5O/c1-21(2,12-26-19(29)16-5-9-18(23)10-6-16)13-27-20(28-14-24)25-11-15-3-7-17(22)8-4-15/h3-10H,11-13H2,1-2H3,(H,26,29)(H2,25,27,28). The van der Waals surface area contributed by atoms with Gasteiger partial charge in [-0.2, -0.15) is 5.26 Å². The largest absolute Gasteiger partial charge is 0.355 e. The van der Waals surface area contributed by atoms with Crippen LogP contribution in [0.25, 0.3) is 0 Å². The SMILES string of the molecule is CC(C)(CNC(=O)c1ccc(Cl)cc1)CNC(=NC#N)NCc1ccc(Cl)cc1. The first-order chi connectivity index (χ1) is 13.8. The molecule has 6 nitrogen and oxygen atoms in total. The number of nitriles is 1. The topological polar surface area (TPSA) is 89.3 Å². The van der Waals surface area contributed by atoms with Crippen molar-refractivity contribution in [1.29, 1.82) is 5.26 Å². The van der Waals surface area contributed by atoms with Crippen molar-refractivity contribution in [3.63, 3.8) is 0 Å². The Morgan fingerprint density at radius 3 is 2.10 bits per heavy atom. The molecule has 8 heteroatoms. The van der Waals surface area contributed by atoms with E-state index in [9.17, 15) is 4.79 Å². The summed E-state index contributed by atoms with van der Waals surface area (Å²) in [5, 5.41) is 19.3. The van der Waals surface area contributed by atoms with E-state index in [0.29, 0.717) is 41.2 Å². The summed E-state index contributed by atoms with van der Waals surface area (Å²) in [5.74, 6) is 0.209. The molecule has 0 fully saturated rings. The number of halogens is 2. The van der Waals surface area contributed by atoms with E-state index >= 15 is 0 Å². The van der Waals surface area contributed by atoms with Gasteiger partial charge < -0.3 is 16.0 Å². The third-order valence-corrected chi connectivity index (χ3v) is 4.61. The van der Waals surface area contributed by atoms with Crippen LogP contribution < -0.4 is 16.0 Å². The van der Waals surface area contributed by atoms with Crippen LogP contribution in [0.1, 0.15) is 29.8 Å². The molecule has 0 aromatic heterocycles. The number of hydrogen-bond acceptors (Lipinski definition) is 3. The molecule has 0 saturated carbocycles. The summed E-state index contributed by atoms with van der Waals surface area (Å²) in [7, 11) is 0. The van der Waals surface area contributed by atoms with Gasteiger partial charge in [-0.15, -0.1) is 4.99 Å². The van der Waals surface area contributed by atoms with Crippen LogP contribution in [-0.2, 0) is 6.54 Å². The van der Waals surface area contributed by atoms with Crippen LogP contribution >= 0.6 is 23.2 Å². The quantitative estimate of drug-likeness (QED) is 0.351. The molecule has 152 valence electrons. The van der Waals surface area contributed by atoms with Gasteiger partial charge in [-0.1, -0.05) is 49.2 Å². The highest BCUT2D eigenvalue weighted by Crippen LogP contribution is 2.14. The Morgan fingerprint density at radius 2 is 1.52 bits per heavy atom. The number of nitrogens with one attached hydrogen (secondary N) is 3. The molecule has 1 amide bonds. The predicted molar refractivity (Wildman–Crippen MR) is 117 cm³/mol. The van der Waals surface area contributed by atoms with Gasteiger partial charge in [0.25, 0.3) is 5.91 Å². The van der Waals surface area contributed by atoms with Crippen LogP contribution in [0.15, 0.2) is 53.5 Å². The van der Waals surface area contributed by atoms with E-state index in [1.54, 1.807) is 42.6 Å². The fourth-order valence-electron chi connectivity index (χ4n) is 2.39. The van der Waals surface area contributed by atoms with Crippen molar-refractivity contribution < 1.29 is 4.79 Å². The van der Waals surface area contributed by atoms with Crippen LogP contribution in [0.5, 0.6) is 0 Å². The van der Waals surface area contributed by atoms with Crippen molar-refractivity contribution in [2.75, 3.05) is 13.1 Å². The zero-order valence-corrected chi connectivity index (χ0v) is 17.8. The second-order valence-corrected chi connectivity index (χ2v) is 8.12. The zero-order valence-electron chi connectivity index (χ0n) is 16.3. The van der Waals surface area contributed by atoms with Gasteiger partial charge >= 0.3 is 0 Å². The monoisotopic (exact) mass is 431 g/mol. The fourth-order valence-corrected chi connectivity index (χ4v) is 2.64. The molecule has 29 heavy (non-hydrogen) atoms. The lowest BCUT2D eigenvalue weighted by atomic mass is 9.93. The number of rotatable bonds is 7. The highest BCUT2D eigenvalue weighted by Gasteiger charge is 2.20. The van der Waals surface area contributed by atoms with Gasteiger partial charge in [0, 0.05) is 35.2 Å². The van der Waals surface area contributed by atoms with Crippen LogP contribution in [-0.4, -0.2) is 25.0 Å². The second kappa shape index (κ2) is 10.7. The first kappa shape index (κ1) is 22.5. The Bertz CT molecular complexity index is 887. The normalized spacial score (nSPS) is 11.5. The summed E-state index contributed by atoms with van der Waals surface area (Å²) in [6, 6.07) is 14.1. The molecule has 0 radical (unpaired) electrons. The maximum atomic E-state index is 12.3. The zero-order chi connectivity index (χ0) is 21.3. The smallest absolute Gasteiger partial charge is 0.251 e. The van der Waals surface area contributed by atoms with Crippen LogP contribution in [0, 0.1) is 16.9 Å². The van der Waals surface area contributed by atoms with Crippen molar-refractivity contribution in [3.05, 3.63) is 69.7 Å². The molecule has 2 aromatic carbocycles. The first-order valence-corrected chi connectivity index (χ1v) is 9.77. The Morgan fingerprint density at radius 1 is 0.966 bits per heavy atom. The Hall–Kier alpha value is -2.75. The predicted octanol–water partition coefficient (Wildman–Crippen LogP) is 3.97. The van der Waals surface area contributed by atoms with Crippen molar-refractivity contribution in [2.24, 2.45) is 10.4 Å². The number of aliphatic imine (C=N–C) groups is 1. The Balaban J connectivity index is 1.84. The second-order valence-electron chi connectivity index (χ2n) is 7.25. The number of nitrogens with zero attached hydrogens (tertiary/aromatic N) is 2. The summed E-state index contributed by atoms with van der Waals surface area (Å²) >= 11 is 11.7. The maximum Gasteiger partial charge on any atom is 0.251 e. The lowest BCUT2D eigenvalue weighted by molar-refractivity contribution is 0.0937. The highest BCUT2D eigenvalue weighted by molar-refractivity contribution is 6.30. The maximum absolute atomic E-state index is 12.3. The van der Waals surface area contributed by atoms with Crippen molar-refractivity contribution in [2.45, 2.75) is 20.4 Å². The van der Waals surface area contributed by atoms with Gasteiger partial charge in [0.2, 0.25) is 12.2 Å². The van der Waals surface area contributed by atoms with Gasteiger partial charge in [-0.25, -0.2) is 0 Å². The first-order valence-electron chi connectivity index (χ1n) is 9.02. The van der Waals surface area contributed by atoms with Crippen LogP contribution in [0.2, 0.25) is 10.0 Å². The lowest BCUT2D eigenvalue weighted by Gasteiger charge is -2.26. The van der Waals surface area contributed by atoms with E-state index < -0.39 is 0 Å². The molecule has 0 heterocycles.